The standard InChI is InChI=1S/C10H9NO2S.C8H13NO.2C4H10.C2H6/c12-10-5-7-6-3-4-13-14-9(6)2-1-8(7)11-10;1-5-6(2)9-4-8(5)7(3)10;2*1-3-4-2;1-2/h1-2H,3-5H2,(H,11,12);4-6,9H,1-3H3;2*3-4H2,1-2H3;1-2H3. The van der Waals surface area contributed by atoms with Crippen LogP contribution in [0.25, 0.3) is 0 Å². The second kappa shape index (κ2) is 18.5. The molecule has 0 aromatic heterocycles. The highest BCUT2D eigenvalue weighted by molar-refractivity contribution is 7.94. The molecule has 2 N–H and O–H groups in total. The molecule has 2 atom stereocenters. The largest absolute Gasteiger partial charge is 0.387 e. The van der Waals surface area contributed by atoms with Gasteiger partial charge in [-0.1, -0.05) is 74.1 Å². The van der Waals surface area contributed by atoms with E-state index in [0.717, 1.165) is 29.2 Å². The van der Waals surface area contributed by atoms with Gasteiger partial charge < -0.3 is 14.8 Å². The van der Waals surface area contributed by atoms with Crippen molar-refractivity contribution in [2.45, 2.75) is 112 Å². The molecule has 0 saturated heterocycles. The number of hydrogen-bond acceptors (Lipinski definition) is 5. The Balaban J connectivity index is 0.000000478. The molecular formula is C28H48N2O3S. The van der Waals surface area contributed by atoms with Gasteiger partial charge in [0.1, 0.15) is 0 Å². The summed E-state index contributed by atoms with van der Waals surface area (Å²) in [6.07, 6.45) is 8.55. The predicted molar refractivity (Wildman–Crippen MR) is 147 cm³/mol. The van der Waals surface area contributed by atoms with Crippen molar-refractivity contribution in [3.8, 4) is 0 Å². The van der Waals surface area contributed by atoms with Gasteiger partial charge in [0.25, 0.3) is 0 Å². The van der Waals surface area contributed by atoms with Crippen molar-refractivity contribution in [1.29, 1.82) is 0 Å². The minimum atomic E-state index is 0.102. The molecule has 4 rings (SSSR count). The third-order valence-corrected chi connectivity index (χ3v) is 6.58. The van der Waals surface area contributed by atoms with E-state index in [0.29, 0.717) is 18.4 Å². The third-order valence-electron chi connectivity index (χ3n) is 5.73. The molecule has 2 unspecified atom stereocenters. The van der Waals surface area contributed by atoms with Crippen LogP contribution in [0.3, 0.4) is 0 Å². The van der Waals surface area contributed by atoms with Gasteiger partial charge in [0.2, 0.25) is 5.91 Å². The van der Waals surface area contributed by atoms with Crippen molar-refractivity contribution in [2.24, 2.45) is 5.92 Å². The first-order chi connectivity index (χ1) is 16.3. The maximum Gasteiger partial charge on any atom is 0.228 e. The molecule has 3 heterocycles. The summed E-state index contributed by atoms with van der Waals surface area (Å²) in [6, 6.07) is 4.39. The fourth-order valence-electron chi connectivity index (χ4n) is 3.14. The van der Waals surface area contributed by atoms with Crippen molar-refractivity contribution < 1.29 is 13.8 Å². The maximum absolute atomic E-state index is 11.2. The quantitative estimate of drug-likeness (QED) is 0.428. The van der Waals surface area contributed by atoms with E-state index < -0.39 is 0 Å². The summed E-state index contributed by atoms with van der Waals surface area (Å²) in [7, 11) is 0. The van der Waals surface area contributed by atoms with Gasteiger partial charge in [0.05, 0.1) is 13.0 Å². The Hall–Kier alpha value is -1.79. The Labute approximate surface area is 213 Å². The van der Waals surface area contributed by atoms with E-state index in [1.54, 1.807) is 6.92 Å². The molecule has 1 aromatic rings. The summed E-state index contributed by atoms with van der Waals surface area (Å²) in [4.78, 5) is 23.3. The fraction of sp³-hybridized carbons (Fsp3) is 0.643. The van der Waals surface area contributed by atoms with Crippen molar-refractivity contribution in [3.63, 3.8) is 0 Å². The van der Waals surface area contributed by atoms with Crippen LogP contribution in [0.15, 0.2) is 28.8 Å². The van der Waals surface area contributed by atoms with Crippen LogP contribution in [0.4, 0.5) is 5.69 Å². The van der Waals surface area contributed by atoms with Gasteiger partial charge in [-0.25, -0.2) is 0 Å². The summed E-state index contributed by atoms with van der Waals surface area (Å²) >= 11 is 1.42. The number of amides is 1. The van der Waals surface area contributed by atoms with E-state index in [4.69, 9.17) is 4.18 Å². The van der Waals surface area contributed by atoms with Crippen LogP contribution in [0.2, 0.25) is 0 Å². The molecule has 1 aromatic carbocycles. The van der Waals surface area contributed by atoms with Crippen molar-refractivity contribution in [3.05, 3.63) is 35.0 Å². The molecule has 6 heteroatoms. The zero-order valence-corrected chi connectivity index (χ0v) is 23.8. The highest BCUT2D eigenvalue weighted by Crippen LogP contribution is 2.37. The first-order valence-electron chi connectivity index (χ1n) is 13.0. The second-order valence-electron chi connectivity index (χ2n) is 8.35. The van der Waals surface area contributed by atoms with Crippen molar-refractivity contribution >= 4 is 29.4 Å². The van der Waals surface area contributed by atoms with Crippen LogP contribution < -0.4 is 10.6 Å². The Morgan fingerprint density at radius 2 is 1.62 bits per heavy atom. The fourth-order valence-corrected chi connectivity index (χ4v) is 3.88. The predicted octanol–water partition coefficient (Wildman–Crippen LogP) is 7.49. The Kier molecular flexibility index (Phi) is 17.6. The number of carbonyl (C=O) groups is 2. The lowest BCUT2D eigenvalue weighted by molar-refractivity contribution is -0.115. The molecular weight excluding hydrogens is 444 g/mol. The topological polar surface area (TPSA) is 67.4 Å². The van der Waals surface area contributed by atoms with E-state index >= 15 is 0 Å². The average Bonchev–Trinajstić information content (AvgIpc) is 3.42. The molecule has 5 nitrogen and oxygen atoms in total. The van der Waals surface area contributed by atoms with Crippen LogP contribution in [-0.2, 0) is 26.6 Å². The molecule has 0 saturated carbocycles. The van der Waals surface area contributed by atoms with Crippen LogP contribution in [0.1, 0.15) is 99.1 Å². The van der Waals surface area contributed by atoms with Crippen LogP contribution in [0, 0.1) is 5.92 Å². The van der Waals surface area contributed by atoms with Gasteiger partial charge in [-0.05, 0) is 43.5 Å². The van der Waals surface area contributed by atoms with E-state index in [9.17, 15) is 9.59 Å². The lowest BCUT2D eigenvalue weighted by atomic mass is 9.96. The smallest absolute Gasteiger partial charge is 0.228 e. The van der Waals surface area contributed by atoms with Crippen molar-refractivity contribution in [2.75, 3.05) is 11.9 Å². The first-order valence-corrected chi connectivity index (χ1v) is 13.8. The minimum Gasteiger partial charge on any atom is -0.387 e. The normalized spacial score (nSPS) is 18.9. The molecule has 1 amide bonds. The minimum absolute atomic E-state index is 0.102. The lowest BCUT2D eigenvalue weighted by Gasteiger charge is -2.17. The van der Waals surface area contributed by atoms with Gasteiger partial charge in [-0.2, -0.15) is 0 Å². The number of nitrogens with one attached hydrogen (secondary N) is 2. The number of benzene rings is 1. The number of unbranched alkanes of at least 4 members (excludes halogenated alkanes) is 2. The lowest BCUT2D eigenvalue weighted by Crippen LogP contribution is -2.22. The van der Waals surface area contributed by atoms with Crippen molar-refractivity contribution in [1.82, 2.24) is 5.32 Å². The molecule has 34 heavy (non-hydrogen) atoms. The highest BCUT2D eigenvalue weighted by atomic mass is 32.2. The molecule has 0 spiro atoms. The number of anilines is 1. The van der Waals surface area contributed by atoms with Gasteiger partial charge in [-0.3, -0.25) is 9.59 Å². The van der Waals surface area contributed by atoms with E-state index in [1.165, 1.54) is 48.9 Å². The summed E-state index contributed by atoms with van der Waals surface area (Å²) < 4.78 is 5.29. The summed E-state index contributed by atoms with van der Waals surface area (Å²) in [6.45, 7) is 19.2. The maximum atomic E-state index is 11.2. The third kappa shape index (κ3) is 10.6. The molecule has 0 radical (unpaired) electrons. The molecule has 0 fully saturated rings. The zero-order valence-electron chi connectivity index (χ0n) is 23.0. The molecule has 3 aliphatic heterocycles. The molecule has 0 bridgehead atoms. The summed E-state index contributed by atoms with van der Waals surface area (Å²) in [5.74, 6) is 0.659. The average molecular weight is 493 g/mol. The number of Topliss-reactive ketones (excluding diaryl/α,β-unsaturated/α-hetero) is 1. The van der Waals surface area contributed by atoms with E-state index in [1.807, 2.05) is 32.2 Å². The Bertz CT molecular complexity index is 769. The first kappa shape index (κ1) is 32.2. The Morgan fingerprint density at radius 1 is 1.03 bits per heavy atom. The monoisotopic (exact) mass is 492 g/mol. The van der Waals surface area contributed by atoms with E-state index in [-0.39, 0.29) is 11.7 Å². The highest BCUT2D eigenvalue weighted by Gasteiger charge is 2.25. The number of hydrogen-bond donors (Lipinski definition) is 2. The van der Waals surface area contributed by atoms with Gasteiger partial charge in [-0.15, -0.1) is 0 Å². The Morgan fingerprint density at radius 3 is 2.06 bits per heavy atom. The van der Waals surface area contributed by atoms with Gasteiger partial charge in [0, 0.05) is 46.4 Å². The van der Waals surface area contributed by atoms with E-state index in [2.05, 4.69) is 52.2 Å². The number of carbonyl (C=O) groups excluding carboxylic acids is 2. The SMILES string of the molecule is CC.CC(=O)C1=CNC(C)C1C.CCCC.CCCC.O=C1Cc2c(ccc3c2CCOS3)N1. The summed E-state index contributed by atoms with van der Waals surface area (Å²) in [5, 5.41) is 5.98. The summed E-state index contributed by atoms with van der Waals surface area (Å²) in [5.41, 5.74) is 4.36. The number of rotatable bonds is 3. The van der Waals surface area contributed by atoms with Crippen LogP contribution in [-0.4, -0.2) is 24.3 Å². The van der Waals surface area contributed by atoms with Gasteiger partial charge >= 0.3 is 0 Å². The molecule has 0 aliphatic carbocycles. The number of ketones is 1. The van der Waals surface area contributed by atoms with Gasteiger partial charge in [0.15, 0.2) is 5.78 Å². The van der Waals surface area contributed by atoms with Crippen LogP contribution >= 0.6 is 12.0 Å². The second-order valence-corrected chi connectivity index (χ2v) is 9.19. The van der Waals surface area contributed by atoms with Crippen LogP contribution in [0.5, 0.6) is 0 Å². The molecule has 3 aliphatic rings. The number of fused-ring (bicyclic) bond motifs is 3. The molecule has 194 valence electrons. The zero-order chi connectivity index (χ0) is 26.1.